The van der Waals surface area contributed by atoms with Crippen LogP contribution < -0.4 is 10.9 Å². The zero-order valence-corrected chi connectivity index (χ0v) is 16.7. The van der Waals surface area contributed by atoms with Gasteiger partial charge in [-0.05, 0) is 31.2 Å². The fourth-order valence-electron chi connectivity index (χ4n) is 3.19. The molecule has 8 heteroatoms. The molecular formula is C22H21N5O3. The fourth-order valence-corrected chi connectivity index (χ4v) is 3.19. The first kappa shape index (κ1) is 19.5. The van der Waals surface area contributed by atoms with Crippen molar-refractivity contribution < 1.29 is 9.53 Å². The minimum Gasteiger partial charge on any atom is -0.383 e. The van der Waals surface area contributed by atoms with Crippen LogP contribution in [0, 0.1) is 6.92 Å². The van der Waals surface area contributed by atoms with Crippen molar-refractivity contribution in [3.05, 3.63) is 82.5 Å². The molecular weight excluding hydrogens is 382 g/mol. The van der Waals surface area contributed by atoms with E-state index in [9.17, 15) is 9.59 Å². The Labute approximate surface area is 173 Å². The smallest absolute Gasteiger partial charge is 0.282 e. The summed E-state index contributed by atoms with van der Waals surface area (Å²) in [6.07, 6.45) is 3.37. The number of pyridine rings is 2. The lowest BCUT2D eigenvalue weighted by Crippen LogP contribution is -2.19. The third-order valence-corrected chi connectivity index (χ3v) is 4.65. The molecule has 30 heavy (non-hydrogen) atoms. The van der Waals surface area contributed by atoms with E-state index >= 15 is 0 Å². The van der Waals surface area contributed by atoms with Crippen LogP contribution in [0.5, 0.6) is 0 Å². The van der Waals surface area contributed by atoms with Gasteiger partial charge in [0.05, 0.1) is 23.4 Å². The maximum atomic E-state index is 13.1. The molecule has 0 aliphatic carbocycles. The number of carbonyl (C=O) groups excluding carboxylic acids is 1. The molecule has 0 bridgehead atoms. The number of aromatic nitrogens is 4. The van der Waals surface area contributed by atoms with Crippen molar-refractivity contribution in [1.82, 2.24) is 19.3 Å². The van der Waals surface area contributed by atoms with Gasteiger partial charge in [0.1, 0.15) is 11.5 Å². The van der Waals surface area contributed by atoms with Gasteiger partial charge in [-0.15, -0.1) is 0 Å². The summed E-state index contributed by atoms with van der Waals surface area (Å²) >= 11 is 0. The SMILES string of the molecule is COCCn1cc(C(=O)Nc2cccc(C)n2)c2nn(-c3ccccc3)c(=O)c-2c1. The first-order valence-corrected chi connectivity index (χ1v) is 9.49. The topological polar surface area (TPSA) is 91.0 Å². The number of fused-ring (bicyclic) bond motifs is 1. The second-order valence-corrected chi connectivity index (χ2v) is 6.84. The highest BCUT2D eigenvalue weighted by atomic mass is 16.5. The van der Waals surface area contributed by atoms with Crippen molar-refractivity contribution in [1.29, 1.82) is 0 Å². The third kappa shape index (κ3) is 3.85. The van der Waals surface area contributed by atoms with Crippen molar-refractivity contribution in [3.63, 3.8) is 0 Å². The van der Waals surface area contributed by atoms with Gasteiger partial charge in [-0.1, -0.05) is 24.3 Å². The van der Waals surface area contributed by atoms with E-state index in [1.807, 2.05) is 37.3 Å². The second kappa shape index (κ2) is 8.30. The number of para-hydroxylation sites is 1. The number of nitrogens with one attached hydrogen (secondary N) is 1. The quantitative estimate of drug-likeness (QED) is 0.535. The molecule has 2 aliphatic rings. The van der Waals surface area contributed by atoms with Crippen molar-refractivity contribution >= 4 is 11.7 Å². The summed E-state index contributed by atoms with van der Waals surface area (Å²) in [5, 5.41) is 7.26. The maximum absolute atomic E-state index is 13.1. The summed E-state index contributed by atoms with van der Waals surface area (Å²) in [7, 11) is 1.60. The minimum atomic E-state index is -0.387. The third-order valence-electron chi connectivity index (χ3n) is 4.65. The average Bonchev–Trinajstić information content (AvgIpc) is 3.09. The van der Waals surface area contributed by atoms with Gasteiger partial charge in [0.25, 0.3) is 11.5 Å². The van der Waals surface area contributed by atoms with Crippen LogP contribution in [0.3, 0.4) is 0 Å². The highest BCUT2D eigenvalue weighted by Gasteiger charge is 2.24. The molecule has 0 saturated heterocycles. The number of benzene rings is 1. The number of anilines is 1. The van der Waals surface area contributed by atoms with Gasteiger partial charge in [0.2, 0.25) is 0 Å². The Bertz CT molecular complexity index is 1210. The van der Waals surface area contributed by atoms with Crippen molar-refractivity contribution in [2.45, 2.75) is 13.5 Å². The van der Waals surface area contributed by atoms with E-state index in [1.165, 1.54) is 4.68 Å². The van der Waals surface area contributed by atoms with Gasteiger partial charge < -0.3 is 14.6 Å². The zero-order valence-electron chi connectivity index (χ0n) is 16.7. The number of rotatable bonds is 6. The van der Waals surface area contributed by atoms with Gasteiger partial charge in [-0.3, -0.25) is 9.59 Å². The highest BCUT2D eigenvalue weighted by Crippen LogP contribution is 2.23. The van der Waals surface area contributed by atoms with Gasteiger partial charge in [0.15, 0.2) is 0 Å². The molecule has 0 spiro atoms. The molecule has 4 rings (SSSR count). The summed E-state index contributed by atoms with van der Waals surface area (Å²) in [6, 6.07) is 14.5. The van der Waals surface area contributed by atoms with Crippen LogP contribution in [0.1, 0.15) is 16.1 Å². The number of hydrogen-bond acceptors (Lipinski definition) is 5. The monoisotopic (exact) mass is 403 g/mol. The number of ether oxygens (including phenoxy) is 1. The molecule has 3 heterocycles. The lowest BCUT2D eigenvalue weighted by atomic mass is 10.1. The fraction of sp³-hybridized carbons (Fsp3) is 0.182. The lowest BCUT2D eigenvalue weighted by molar-refractivity contribution is 0.102. The molecule has 0 unspecified atom stereocenters. The van der Waals surface area contributed by atoms with Crippen LogP contribution in [0.4, 0.5) is 5.82 Å². The summed E-state index contributed by atoms with van der Waals surface area (Å²) < 4.78 is 8.22. The largest absolute Gasteiger partial charge is 0.383 e. The van der Waals surface area contributed by atoms with E-state index in [4.69, 9.17) is 4.74 Å². The van der Waals surface area contributed by atoms with E-state index in [-0.39, 0.29) is 11.5 Å². The molecule has 152 valence electrons. The molecule has 2 aliphatic heterocycles. The Hall–Kier alpha value is -3.78. The van der Waals surface area contributed by atoms with Crippen LogP contribution in [-0.2, 0) is 11.3 Å². The van der Waals surface area contributed by atoms with Gasteiger partial charge in [0, 0.05) is 31.7 Å². The summed E-state index contributed by atoms with van der Waals surface area (Å²) in [5.74, 6) is 0.0489. The van der Waals surface area contributed by atoms with E-state index in [0.717, 1.165) is 5.69 Å². The molecule has 1 amide bonds. The minimum absolute atomic E-state index is 0.286. The standard InChI is InChI=1S/C22H21N5O3/c1-15-7-6-10-19(23-15)24-21(28)17-13-26(11-12-30-2)14-18-20(17)25-27(22(18)29)16-8-4-3-5-9-16/h3-10,13-14H,11-12H2,1-2H3,(H,23,24,28). The van der Waals surface area contributed by atoms with Gasteiger partial charge in [-0.2, -0.15) is 9.78 Å². The number of nitrogens with zero attached hydrogens (tertiary/aromatic N) is 4. The predicted molar refractivity (Wildman–Crippen MR) is 113 cm³/mol. The molecule has 8 nitrogen and oxygen atoms in total. The number of aryl methyl sites for hydroxylation is 1. The Morgan fingerprint density at radius 3 is 2.63 bits per heavy atom. The van der Waals surface area contributed by atoms with Gasteiger partial charge in [-0.25, -0.2) is 4.98 Å². The Morgan fingerprint density at radius 1 is 1.10 bits per heavy atom. The van der Waals surface area contributed by atoms with E-state index in [0.29, 0.717) is 41.5 Å². The van der Waals surface area contributed by atoms with E-state index in [1.54, 1.807) is 42.3 Å². The van der Waals surface area contributed by atoms with Crippen LogP contribution in [0.15, 0.2) is 65.7 Å². The van der Waals surface area contributed by atoms with Crippen LogP contribution in [0.2, 0.25) is 0 Å². The van der Waals surface area contributed by atoms with E-state index < -0.39 is 0 Å². The Morgan fingerprint density at radius 2 is 1.90 bits per heavy atom. The molecule has 0 fully saturated rings. The predicted octanol–water partition coefficient (Wildman–Crippen LogP) is 2.74. The highest BCUT2D eigenvalue weighted by molar-refractivity contribution is 6.07. The molecule has 1 aromatic carbocycles. The Balaban J connectivity index is 1.82. The lowest BCUT2D eigenvalue weighted by Gasteiger charge is -2.12. The molecule has 1 aromatic heterocycles. The van der Waals surface area contributed by atoms with Crippen LogP contribution in [-0.4, -0.2) is 39.0 Å². The van der Waals surface area contributed by atoms with Crippen molar-refractivity contribution in [2.75, 3.05) is 19.0 Å². The number of amides is 1. The van der Waals surface area contributed by atoms with Crippen molar-refractivity contribution in [2.24, 2.45) is 0 Å². The van der Waals surface area contributed by atoms with Crippen LogP contribution >= 0.6 is 0 Å². The summed E-state index contributed by atoms with van der Waals surface area (Å²) in [6.45, 7) is 2.78. The van der Waals surface area contributed by atoms with Crippen molar-refractivity contribution in [3.8, 4) is 16.9 Å². The summed E-state index contributed by atoms with van der Waals surface area (Å²) in [5.41, 5.74) is 2.12. The normalized spacial score (nSPS) is 11.0. The second-order valence-electron chi connectivity index (χ2n) is 6.84. The Kier molecular flexibility index (Phi) is 5.40. The average molecular weight is 403 g/mol. The zero-order chi connectivity index (χ0) is 21.1. The molecule has 2 aromatic rings. The molecule has 1 N–H and O–H groups in total. The summed E-state index contributed by atoms with van der Waals surface area (Å²) in [4.78, 5) is 30.4. The molecule has 0 radical (unpaired) electrons. The molecule has 0 atom stereocenters. The number of carbonyl (C=O) groups is 1. The van der Waals surface area contributed by atoms with E-state index in [2.05, 4.69) is 15.4 Å². The van der Waals surface area contributed by atoms with Crippen LogP contribution in [0.25, 0.3) is 16.9 Å². The van der Waals surface area contributed by atoms with Gasteiger partial charge >= 0.3 is 0 Å². The maximum Gasteiger partial charge on any atom is 0.282 e. The number of methoxy groups -OCH3 is 1. The molecule has 0 saturated carbocycles. The first-order chi connectivity index (χ1) is 14.6. The number of hydrogen-bond donors (Lipinski definition) is 1. The first-order valence-electron chi connectivity index (χ1n) is 9.49.